The van der Waals surface area contributed by atoms with E-state index in [1.807, 2.05) is 0 Å². The number of unbranched alkanes of at least 4 members (excludes halogenated alkanes) is 15. The fraction of sp³-hybridized carbons (Fsp3) is 0.569. The third kappa shape index (κ3) is 61.6. The van der Waals surface area contributed by atoms with Crippen LogP contribution in [-0.4, -0.2) is 37.2 Å². The summed E-state index contributed by atoms with van der Waals surface area (Å²) >= 11 is 0. The summed E-state index contributed by atoms with van der Waals surface area (Å²) in [5, 5.41) is 0. The number of hydrogen-bond donors (Lipinski definition) is 0. The predicted octanol–water partition coefficient (Wildman–Crippen LogP) is 21.5. The molecule has 6 heteroatoms. The number of hydrogen-bond acceptors (Lipinski definition) is 6. The Morgan fingerprint density at radius 3 is 0.808 bits per heavy atom. The summed E-state index contributed by atoms with van der Waals surface area (Å²) in [6.07, 6.45) is 94.9. The zero-order chi connectivity index (χ0) is 56.4. The normalized spacial score (nSPS) is 13.3. The average molecular weight is 1070 g/mol. The van der Waals surface area contributed by atoms with Crippen LogP contribution in [-0.2, 0) is 28.6 Å². The topological polar surface area (TPSA) is 78.9 Å². The van der Waals surface area contributed by atoms with Crippen molar-refractivity contribution in [2.45, 2.75) is 252 Å². The van der Waals surface area contributed by atoms with Gasteiger partial charge in [0.1, 0.15) is 13.2 Å². The van der Waals surface area contributed by atoms with Crippen molar-refractivity contribution in [3.8, 4) is 0 Å². The molecule has 0 aliphatic rings. The second kappa shape index (κ2) is 64.3. The van der Waals surface area contributed by atoms with Gasteiger partial charge in [-0.2, -0.15) is 0 Å². The van der Waals surface area contributed by atoms with E-state index in [2.05, 4.69) is 191 Å². The van der Waals surface area contributed by atoms with Crippen molar-refractivity contribution in [1.82, 2.24) is 0 Å². The molecule has 78 heavy (non-hydrogen) atoms. The molecule has 0 N–H and O–H groups in total. The SMILES string of the molecule is CC/C=C\C/C=C\C/C=C\C/C=C\C/C=C\C/C=C\CCCCC(=O)OCC(COC(=O)CCCCCCCCC/C=C\C/C=C\CCCCCC)OC(=O)CCCC/C=C\C/C=C\C/C=C\C/C=C\C/C=C\C/C=C\CC. The van der Waals surface area contributed by atoms with Crippen LogP contribution in [0.4, 0.5) is 0 Å². The van der Waals surface area contributed by atoms with Gasteiger partial charge >= 0.3 is 17.9 Å². The largest absolute Gasteiger partial charge is 0.462 e. The Hall–Kier alpha value is -5.23. The van der Waals surface area contributed by atoms with Gasteiger partial charge in [-0.05, 0) is 154 Å². The van der Waals surface area contributed by atoms with E-state index in [0.29, 0.717) is 19.3 Å². The Kier molecular flexibility index (Phi) is 60.0. The third-order valence-corrected chi connectivity index (χ3v) is 12.4. The minimum Gasteiger partial charge on any atom is -0.462 e. The van der Waals surface area contributed by atoms with E-state index in [4.69, 9.17) is 14.2 Å². The first-order chi connectivity index (χ1) is 38.5. The molecule has 0 radical (unpaired) electrons. The van der Waals surface area contributed by atoms with E-state index in [1.165, 1.54) is 57.8 Å². The van der Waals surface area contributed by atoms with Gasteiger partial charge < -0.3 is 14.2 Å². The van der Waals surface area contributed by atoms with Crippen molar-refractivity contribution in [3.05, 3.63) is 170 Å². The number of allylic oxidation sites excluding steroid dienone is 28. The van der Waals surface area contributed by atoms with Gasteiger partial charge in [0, 0.05) is 19.3 Å². The molecule has 0 saturated heterocycles. The van der Waals surface area contributed by atoms with Crippen molar-refractivity contribution in [1.29, 1.82) is 0 Å². The summed E-state index contributed by atoms with van der Waals surface area (Å²) in [6.45, 7) is 6.31. The molecular weight excluding hydrogens is 961 g/mol. The molecule has 0 aliphatic heterocycles. The third-order valence-electron chi connectivity index (χ3n) is 12.4. The summed E-state index contributed by atoms with van der Waals surface area (Å²) in [4.78, 5) is 38.3. The monoisotopic (exact) mass is 1070 g/mol. The highest BCUT2D eigenvalue weighted by molar-refractivity contribution is 5.71. The number of ether oxygens (including phenoxy) is 3. The Morgan fingerprint density at radius 2 is 0.500 bits per heavy atom. The number of carbonyl (C=O) groups excluding carboxylic acids is 3. The molecular formula is C72H112O6. The fourth-order valence-electron chi connectivity index (χ4n) is 7.83. The van der Waals surface area contributed by atoms with E-state index < -0.39 is 6.10 Å². The van der Waals surface area contributed by atoms with Crippen LogP contribution in [0.5, 0.6) is 0 Å². The van der Waals surface area contributed by atoms with Crippen molar-refractivity contribution in [3.63, 3.8) is 0 Å². The van der Waals surface area contributed by atoms with E-state index in [-0.39, 0.29) is 44.0 Å². The molecule has 0 fully saturated rings. The van der Waals surface area contributed by atoms with E-state index in [0.717, 1.165) is 135 Å². The molecule has 0 aliphatic carbocycles. The van der Waals surface area contributed by atoms with Gasteiger partial charge in [-0.3, -0.25) is 14.4 Å². The van der Waals surface area contributed by atoms with Crippen LogP contribution in [0.15, 0.2) is 170 Å². The number of carbonyl (C=O) groups is 3. The number of esters is 3. The van der Waals surface area contributed by atoms with Gasteiger partial charge in [-0.1, -0.05) is 242 Å². The first kappa shape index (κ1) is 72.8. The number of rotatable bonds is 54. The van der Waals surface area contributed by atoms with Crippen molar-refractivity contribution in [2.75, 3.05) is 13.2 Å². The van der Waals surface area contributed by atoms with Gasteiger partial charge in [0.15, 0.2) is 6.10 Å². The first-order valence-corrected chi connectivity index (χ1v) is 31.1. The summed E-state index contributed by atoms with van der Waals surface area (Å²) < 4.78 is 16.8. The lowest BCUT2D eigenvalue weighted by Gasteiger charge is -2.18. The standard InChI is InChI=1S/C72H112O6/c1-4-7-10-13-16-19-22-25-28-31-34-36-38-41-44-47-50-53-56-59-62-65-71(74)77-68-69(67-76-70(73)64-61-58-55-52-49-46-43-40-33-30-27-24-21-18-15-12-9-6-3)78-72(75)66-63-60-57-54-51-48-45-42-39-37-35-32-29-26-23-20-17-14-11-8-5-2/h7-8,10-11,16-17,19-21,24-26,28-30,33-37,41-42,44-45,50-51,53-54,69H,4-6,9,12-15,18,22-23,27,31-32,38-40,43,46-49,52,55-68H2,1-3H3/b10-7-,11-8-,19-16-,20-17-,24-21-,28-25-,29-26-,33-30-,36-34-,37-35-,44-41-,45-42-,53-50-,54-51-. The Labute approximate surface area is 479 Å². The fourth-order valence-corrected chi connectivity index (χ4v) is 7.83. The van der Waals surface area contributed by atoms with Gasteiger partial charge in [0.25, 0.3) is 0 Å². The summed E-state index contributed by atoms with van der Waals surface area (Å²) in [6, 6.07) is 0. The molecule has 6 nitrogen and oxygen atoms in total. The van der Waals surface area contributed by atoms with Crippen molar-refractivity contribution in [2.24, 2.45) is 0 Å². The van der Waals surface area contributed by atoms with Crippen LogP contribution in [0, 0.1) is 0 Å². The lowest BCUT2D eigenvalue weighted by atomic mass is 10.1. The van der Waals surface area contributed by atoms with Crippen molar-refractivity contribution >= 4 is 17.9 Å². The van der Waals surface area contributed by atoms with Gasteiger partial charge in [-0.15, -0.1) is 0 Å². The summed E-state index contributed by atoms with van der Waals surface area (Å²) in [7, 11) is 0. The Morgan fingerprint density at radius 1 is 0.269 bits per heavy atom. The summed E-state index contributed by atoms with van der Waals surface area (Å²) in [5.74, 6) is -1.02. The molecule has 0 bridgehead atoms. The van der Waals surface area contributed by atoms with E-state index in [1.54, 1.807) is 0 Å². The zero-order valence-corrected chi connectivity index (χ0v) is 49.9. The molecule has 0 aromatic rings. The van der Waals surface area contributed by atoms with Gasteiger partial charge in [0.05, 0.1) is 0 Å². The minimum absolute atomic E-state index is 0.122. The minimum atomic E-state index is -0.834. The van der Waals surface area contributed by atoms with Gasteiger partial charge in [-0.25, -0.2) is 0 Å². The van der Waals surface area contributed by atoms with Crippen LogP contribution < -0.4 is 0 Å². The second-order valence-corrected chi connectivity index (χ2v) is 19.8. The van der Waals surface area contributed by atoms with Crippen LogP contribution in [0.1, 0.15) is 245 Å². The molecule has 0 aromatic heterocycles. The highest BCUT2D eigenvalue weighted by atomic mass is 16.6. The quantitative estimate of drug-likeness (QED) is 0.0261. The van der Waals surface area contributed by atoms with Crippen LogP contribution in [0.2, 0.25) is 0 Å². The maximum absolute atomic E-state index is 12.9. The predicted molar refractivity (Wildman–Crippen MR) is 338 cm³/mol. The zero-order valence-electron chi connectivity index (χ0n) is 49.9. The van der Waals surface area contributed by atoms with E-state index >= 15 is 0 Å². The molecule has 0 saturated carbocycles. The molecule has 1 unspecified atom stereocenters. The van der Waals surface area contributed by atoms with Gasteiger partial charge in [0.2, 0.25) is 0 Å². The molecule has 0 heterocycles. The van der Waals surface area contributed by atoms with Crippen LogP contribution in [0.3, 0.4) is 0 Å². The molecule has 1 atom stereocenters. The molecule has 0 aromatic carbocycles. The van der Waals surface area contributed by atoms with E-state index in [9.17, 15) is 14.4 Å². The van der Waals surface area contributed by atoms with Crippen LogP contribution >= 0.6 is 0 Å². The Bertz CT molecular complexity index is 1810. The average Bonchev–Trinajstić information content (AvgIpc) is 3.44. The lowest BCUT2D eigenvalue weighted by Crippen LogP contribution is -2.30. The summed E-state index contributed by atoms with van der Waals surface area (Å²) in [5.41, 5.74) is 0. The lowest BCUT2D eigenvalue weighted by molar-refractivity contribution is -0.167. The maximum Gasteiger partial charge on any atom is 0.306 e. The Balaban J connectivity index is 4.61. The first-order valence-electron chi connectivity index (χ1n) is 31.1. The highest BCUT2D eigenvalue weighted by Gasteiger charge is 2.19. The second-order valence-electron chi connectivity index (χ2n) is 19.8. The van der Waals surface area contributed by atoms with Crippen LogP contribution in [0.25, 0.3) is 0 Å². The molecule has 0 spiro atoms. The molecule has 436 valence electrons. The smallest absolute Gasteiger partial charge is 0.306 e. The maximum atomic E-state index is 12.9. The molecule has 0 rings (SSSR count). The van der Waals surface area contributed by atoms with Crippen molar-refractivity contribution < 1.29 is 28.6 Å². The highest BCUT2D eigenvalue weighted by Crippen LogP contribution is 2.13. The molecule has 0 amide bonds.